The first-order chi connectivity index (χ1) is 10.6. The van der Waals surface area contributed by atoms with Gasteiger partial charge in [0.15, 0.2) is 5.82 Å². The van der Waals surface area contributed by atoms with Gasteiger partial charge in [0, 0.05) is 24.0 Å². The molecule has 0 saturated carbocycles. The van der Waals surface area contributed by atoms with Crippen LogP contribution in [0.25, 0.3) is 5.52 Å². The summed E-state index contributed by atoms with van der Waals surface area (Å²) in [5, 5.41) is 7.55. The van der Waals surface area contributed by atoms with Gasteiger partial charge >= 0.3 is 0 Å². The number of fused-ring (bicyclic) bond motifs is 1. The average molecular weight is 302 g/mol. The summed E-state index contributed by atoms with van der Waals surface area (Å²) in [4.78, 5) is 4.31. The van der Waals surface area contributed by atoms with E-state index in [-0.39, 0.29) is 6.04 Å². The fraction of sp³-hybridized carbons (Fsp3) is 0.250. The van der Waals surface area contributed by atoms with Crippen molar-refractivity contribution in [1.82, 2.24) is 14.6 Å². The molecule has 0 amide bonds. The molecule has 0 aliphatic carbocycles. The lowest BCUT2D eigenvalue weighted by molar-refractivity contribution is 0.558. The van der Waals surface area contributed by atoms with Crippen LogP contribution in [0.15, 0.2) is 36.7 Å². The molecule has 0 aliphatic rings. The third-order valence-electron chi connectivity index (χ3n) is 3.57. The Hall–Kier alpha value is -2.50. The number of anilines is 1. The van der Waals surface area contributed by atoms with Gasteiger partial charge in [-0.2, -0.15) is 5.10 Å². The Bertz CT molecular complexity index is 813. The van der Waals surface area contributed by atoms with Crippen LogP contribution < -0.4 is 5.32 Å². The fourth-order valence-electron chi connectivity index (χ4n) is 2.50. The average Bonchev–Trinajstić information content (AvgIpc) is 2.86. The Morgan fingerprint density at radius 1 is 1.27 bits per heavy atom. The number of rotatable bonds is 4. The van der Waals surface area contributed by atoms with Crippen molar-refractivity contribution in [2.75, 3.05) is 5.32 Å². The molecular formula is C16H16F2N4. The smallest absolute Gasteiger partial charge is 0.152 e. The van der Waals surface area contributed by atoms with Crippen molar-refractivity contribution in [3.8, 4) is 0 Å². The lowest BCUT2D eigenvalue weighted by Crippen LogP contribution is -2.13. The molecular weight excluding hydrogens is 286 g/mol. The van der Waals surface area contributed by atoms with Gasteiger partial charge in [0.05, 0.1) is 11.7 Å². The molecule has 0 fully saturated rings. The minimum Gasteiger partial charge on any atom is -0.361 e. The van der Waals surface area contributed by atoms with Crippen LogP contribution >= 0.6 is 0 Å². The topological polar surface area (TPSA) is 42.2 Å². The van der Waals surface area contributed by atoms with E-state index in [4.69, 9.17) is 0 Å². The van der Waals surface area contributed by atoms with Gasteiger partial charge in [-0.3, -0.25) is 0 Å². The van der Waals surface area contributed by atoms with E-state index in [1.807, 2.05) is 19.9 Å². The highest BCUT2D eigenvalue weighted by atomic mass is 19.1. The zero-order chi connectivity index (χ0) is 15.7. The van der Waals surface area contributed by atoms with Crippen LogP contribution in [-0.2, 0) is 0 Å². The van der Waals surface area contributed by atoms with Crippen LogP contribution in [0.1, 0.15) is 30.6 Å². The first-order valence-corrected chi connectivity index (χ1v) is 7.11. The maximum atomic E-state index is 14.0. The Morgan fingerprint density at radius 3 is 2.82 bits per heavy atom. The molecule has 3 aromatic rings. The van der Waals surface area contributed by atoms with Crippen molar-refractivity contribution in [2.24, 2.45) is 0 Å². The standard InChI is InChI=1S/C16H16F2N4/c1-3-14(12-5-4-11(17)9-13(12)18)20-16-15-8-10(2)21-22(15)7-6-19-16/h4-9,14H,3H2,1-2H3,(H,19,20). The molecule has 1 aromatic carbocycles. The second kappa shape index (κ2) is 5.71. The Kier molecular flexibility index (Phi) is 3.75. The summed E-state index contributed by atoms with van der Waals surface area (Å²) in [6.07, 6.45) is 4.03. The zero-order valence-electron chi connectivity index (χ0n) is 12.3. The number of hydrogen-bond acceptors (Lipinski definition) is 3. The molecule has 4 nitrogen and oxygen atoms in total. The third-order valence-corrected chi connectivity index (χ3v) is 3.57. The Labute approximate surface area is 126 Å². The van der Waals surface area contributed by atoms with E-state index in [1.165, 1.54) is 12.1 Å². The molecule has 1 unspecified atom stereocenters. The van der Waals surface area contributed by atoms with Crippen molar-refractivity contribution in [3.63, 3.8) is 0 Å². The van der Waals surface area contributed by atoms with Crippen LogP contribution in [0.5, 0.6) is 0 Å². The largest absolute Gasteiger partial charge is 0.361 e. The summed E-state index contributed by atoms with van der Waals surface area (Å²) in [6, 6.07) is 5.24. The summed E-state index contributed by atoms with van der Waals surface area (Å²) in [5.74, 6) is -0.516. The van der Waals surface area contributed by atoms with Gasteiger partial charge in [0.25, 0.3) is 0 Å². The van der Waals surface area contributed by atoms with Crippen molar-refractivity contribution in [3.05, 3.63) is 59.6 Å². The van der Waals surface area contributed by atoms with Gasteiger partial charge in [0.2, 0.25) is 0 Å². The number of aryl methyl sites for hydroxylation is 1. The van der Waals surface area contributed by atoms with Crippen molar-refractivity contribution >= 4 is 11.3 Å². The minimum atomic E-state index is -0.581. The molecule has 1 N–H and O–H groups in total. The first kappa shape index (κ1) is 14.4. The lowest BCUT2D eigenvalue weighted by atomic mass is 10.0. The van der Waals surface area contributed by atoms with Gasteiger partial charge in [-0.15, -0.1) is 0 Å². The lowest BCUT2D eigenvalue weighted by Gasteiger charge is -2.19. The second-order valence-corrected chi connectivity index (χ2v) is 5.16. The predicted octanol–water partition coefficient (Wildman–Crippen LogP) is 3.88. The van der Waals surface area contributed by atoms with Gasteiger partial charge in [0.1, 0.15) is 17.2 Å². The minimum absolute atomic E-state index is 0.297. The third kappa shape index (κ3) is 2.64. The molecule has 0 spiro atoms. The molecule has 2 heterocycles. The SMILES string of the molecule is CCC(Nc1nccn2nc(C)cc12)c1ccc(F)cc1F. The highest BCUT2D eigenvalue weighted by Gasteiger charge is 2.16. The van der Waals surface area contributed by atoms with Crippen LogP contribution in [0, 0.1) is 18.6 Å². The number of nitrogens with zero attached hydrogens (tertiary/aromatic N) is 3. The molecule has 0 saturated heterocycles. The summed E-state index contributed by atoms with van der Waals surface area (Å²) in [7, 11) is 0. The fourth-order valence-corrected chi connectivity index (χ4v) is 2.50. The number of benzene rings is 1. The number of hydrogen-bond donors (Lipinski definition) is 1. The predicted molar refractivity (Wildman–Crippen MR) is 80.7 cm³/mol. The normalized spacial score (nSPS) is 12.5. The molecule has 1 atom stereocenters. The summed E-state index contributed by atoms with van der Waals surface area (Å²) < 4.78 is 28.8. The van der Waals surface area contributed by atoms with Crippen molar-refractivity contribution in [2.45, 2.75) is 26.3 Å². The van der Waals surface area contributed by atoms with Crippen LogP contribution in [0.3, 0.4) is 0 Å². The van der Waals surface area contributed by atoms with E-state index in [2.05, 4.69) is 15.4 Å². The first-order valence-electron chi connectivity index (χ1n) is 7.11. The monoisotopic (exact) mass is 302 g/mol. The molecule has 2 aromatic heterocycles. The van der Waals surface area contributed by atoms with Crippen LogP contribution in [-0.4, -0.2) is 14.6 Å². The molecule has 3 rings (SSSR count). The van der Waals surface area contributed by atoms with Crippen molar-refractivity contribution in [1.29, 1.82) is 0 Å². The molecule has 22 heavy (non-hydrogen) atoms. The maximum absolute atomic E-state index is 14.0. The molecule has 0 bridgehead atoms. The van der Waals surface area contributed by atoms with Crippen molar-refractivity contribution < 1.29 is 8.78 Å². The summed E-state index contributed by atoms with van der Waals surface area (Å²) in [6.45, 7) is 3.83. The molecule has 0 radical (unpaired) electrons. The number of nitrogens with one attached hydrogen (secondary N) is 1. The van der Waals surface area contributed by atoms with Gasteiger partial charge in [-0.25, -0.2) is 18.3 Å². The van der Waals surface area contributed by atoms with Gasteiger partial charge < -0.3 is 5.32 Å². The van der Waals surface area contributed by atoms with Gasteiger partial charge in [-0.05, 0) is 25.5 Å². The highest BCUT2D eigenvalue weighted by molar-refractivity contribution is 5.68. The number of aromatic nitrogens is 3. The summed E-state index contributed by atoms with van der Waals surface area (Å²) >= 11 is 0. The van der Waals surface area contributed by atoms with E-state index < -0.39 is 11.6 Å². The second-order valence-electron chi connectivity index (χ2n) is 5.16. The van der Waals surface area contributed by atoms with E-state index in [0.717, 1.165) is 17.3 Å². The van der Waals surface area contributed by atoms with E-state index >= 15 is 0 Å². The molecule has 6 heteroatoms. The Balaban J connectivity index is 1.97. The number of halogens is 2. The maximum Gasteiger partial charge on any atom is 0.152 e. The zero-order valence-corrected chi connectivity index (χ0v) is 12.3. The van der Waals surface area contributed by atoms with Crippen LogP contribution in [0.2, 0.25) is 0 Å². The Morgan fingerprint density at radius 2 is 2.09 bits per heavy atom. The van der Waals surface area contributed by atoms with E-state index in [9.17, 15) is 8.78 Å². The van der Waals surface area contributed by atoms with E-state index in [1.54, 1.807) is 16.9 Å². The molecule has 0 aliphatic heterocycles. The van der Waals surface area contributed by atoms with Gasteiger partial charge in [-0.1, -0.05) is 13.0 Å². The highest BCUT2D eigenvalue weighted by Crippen LogP contribution is 2.26. The quantitative estimate of drug-likeness (QED) is 0.795. The van der Waals surface area contributed by atoms with Crippen LogP contribution in [0.4, 0.5) is 14.6 Å². The molecule has 114 valence electrons. The summed E-state index contributed by atoms with van der Waals surface area (Å²) in [5.41, 5.74) is 2.11. The van der Waals surface area contributed by atoms with E-state index in [0.29, 0.717) is 17.8 Å².